The van der Waals surface area contributed by atoms with Gasteiger partial charge in [-0.3, -0.25) is 9.13 Å². The van der Waals surface area contributed by atoms with Gasteiger partial charge >= 0.3 is 15.2 Å². The molecule has 1 aromatic rings. The molecule has 0 aliphatic heterocycles. The van der Waals surface area contributed by atoms with Crippen LogP contribution in [-0.2, 0) is 9.13 Å². The van der Waals surface area contributed by atoms with Crippen molar-refractivity contribution in [3.05, 3.63) is 29.8 Å². The number of hydrogen-bond acceptors (Lipinski definition) is 3. The Bertz CT molecular complexity index is 451. The first-order valence-corrected chi connectivity index (χ1v) is 7.38. The topological polar surface area (TPSA) is 135 Å². The third kappa shape index (κ3) is 2.92. The second-order valence-electron chi connectivity index (χ2n) is 3.11. The van der Waals surface area contributed by atoms with Gasteiger partial charge in [0.05, 0.1) is 0 Å². The Balaban J connectivity index is 3.41. The number of hydrogen-bond donors (Lipinski definition) is 5. The van der Waals surface area contributed by atoms with Gasteiger partial charge in [-0.1, -0.05) is 18.2 Å². The van der Waals surface area contributed by atoms with E-state index in [-0.39, 0.29) is 0 Å². The molecule has 0 spiro atoms. The highest BCUT2D eigenvalue weighted by molar-refractivity contribution is 7.70. The maximum atomic E-state index is 11.0. The zero-order valence-corrected chi connectivity index (χ0v) is 9.62. The summed E-state index contributed by atoms with van der Waals surface area (Å²) in [6, 6.07) is 4.83. The average Bonchev–Trinajstić information content (AvgIpc) is 2.03. The van der Waals surface area contributed by atoms with E-state index in [0.29, 0.717) is 0 Å². The van der Waals surface area contributed by atoms with Crippen molar-refractivity contribution in [1.29, 1.82) is 0 Å². The molecule has 0 aliphatic carbocycles. The molecule has 0 saturated carbocycles. The minimum atomic E-state index is -5.07. The Kier molecular flexibility index (Phi) is 3.59. The van der Waals surface area contributed by atoms with Crippen LogP contribution < -0.4 is 0 Å². The van der Waals surface area contributed by atoms with Crippen molar-refractivity contribution in [2.75, 3.05) is 0 Å². The Morgan fingerprint density at radius 3 is 1.75 bits per heavy atom. The fourth-order valence-corrected chi connectivity index (χ4v) is 3.99. The molecule has 0 fully saturated rings. The van der Waals surface area contributed by atoms with Gasteiger partial charge in [-0.15, -0.1) is 0 Å². The lowest BCUT2D eigenvalue weighted by Gasteiger charge is -2.20. The molecule has 7 nitrogen and oxygen atoms in total. The summed E-state index contributed by atoms with van der Waals surface area (Å²) in [4.78, 5) is 35.6. The van der Waals surface area contributed by atoms with Crippen molar-refractivity contribution in [3.8, 4) is 5.75 Å². The van der Waals surface area contributed by atoms with Crippen molar-refractivity contribution in [1.82, 2.24) is 0 Å². The number of aromatic hydroxyl groups is 1. The summed E-state index contributed by atoms with van der Waals surface area (Å²) in [6.45, 7) is 0. The Morgan fingerprint density at radius 1 is 0.938 bits per heavy atom. The number of benzene rings is 1. The van der Waals surface area contributed by atoms with E-state index < -0.39 is 31.9 Å². The largest absolute Gasteiger partial charge is 0.508 e. The lowest BCUT2D eigenvalue weighted by atomic mass is 10.2. The standard InChI is InChI=1S/C7H10O7P2/c8-6-4-2-1-3-5(6)7(15(9,10)11)16(12,13)14/h1-4,7-8H,(H2,9,10,11)(H2,12,13,14). The second-order valence-corrected chi connectivity index (χ2v) is 6.91. The minimum Gasteiger partial charge on any atom is -0.508 e. The molecule has 0 heterocycles. The van der Waals surface area contributed by atoms with Crippen LogP contribution in [0.15, 0.2) is 24.3 Å². The van der Waals surface area contributed by atoms with Gasteiger partial charge in [-0.25, -0.2) is 0 Å². The first-order valence-electron chi connectivity index (χ1n) is 4.02. The van der Waals surface area contributed by atoms with Crippen LogP contribution in [-0.4, -0.2) is 24.7 Å². The van der Waals surface area contributed by atoms with E-state index >= 15 is 0 Å². The first-order chi connectivity index (χ1) is 7.14. The van der Waals surface area contributed by atoms with Crippen LogP contribution in [0.25, 0.3) is 0 Å². The monoisotopic (exact) mass is 268 g/mol. The van der Waals surface area contributed by atoms with E-state index in [4.69, 9.17) is 19.6 Å². The maximum absolute atomic E-state index is 11.0. The molecule has 0 amide bonds. The fourth-order valence-electron chi connectivity index (χ4n) is 1.26. The summed E-state index contributed by atoms with van der Waals surface area (Å²) in [5, 5.41) is 6.99. The third-order valence-corrected chi connectivity index (χ3v) is 5.49. The molecule has 16 heavy (non-hydrogen) atoms. The van der Waals surface area contributed by atoms with E-state index in [0.717, 1.165) is 12.1 Å². The summed E-state index contributed by atoms with van der Waals surface area (Å²) in [6.07, 6.45) is 0. The lowest BCUT2D eigenvalue weighted by molar-refractivity contribution is 0.337. The minimum absolute atomic E-state index is 0.468. The maximum Gasteiger partial charge on any atom is 0.345 e. The molecule has 5 N–H and O–H groups in total. The number of phenols is 1. The smallest absolute Gasteiger partial charge is 0.345 e. The van der Waals surface area contributed by atoms with Crippen molar-refractivity contribution in [2.24, 2.45) is 0 Å². The van der Waals surface area contributed by atoms with Crippen LogP contribution >= 0.6 is 15.2 Å². The normalized spacial score (nSPS) is 13.1. The number of phenolic OH excluding ortho intramolecular Hbond substituents is 1. The average molecular weight is 268 g/mol. The lowest BCUT2D eigenvalue weighted by Crippen LogP contribution is -2.01. The molecule has 1 rings (SSSR count). The third-order valence-electron chi connectivity index (χ3n) is 1.85. The quantitative estimate of drug-likeness (QED) is 0.510. The van der Waals surface area contributed by atoms with Gasteiger partial charge in [-0.2, -0.15) is 0 Å². The number of rotatable bonds is 3. The molecule has 90 valence electrons. The van der Waals surface area contributed by atoms with Gasteiger partial charge in [0, 0.05) is 5.56 Å². The molecule has 0 aromatic heterocycles. The Labute approximate surface area is 90.7 Å². The zero-order valence-electron chi connectivity index (χ0n) is 7.83. The molecular weight excluding hydrogens is 258 g/mol. The SMILES string of the molecule is O=P(O)(O)C(c1ccccc1O)P(=O)(O)O. The van der Waals surface area contributed by atoms with Crippen LogP contribution in [0.3, 0.4) is 0 Å². The molecular formula is C7H10O7P2. The van der Waals surface area contributed by atoms with Gasteiger partial charge in [0.15, 0.2) is 5.40 Å². The van der Waals surface area contributed by atoms with E-state index in [1.54, 1.807) is 0 Å². The van der Waals surface area contributed by atoms with Crippen LogP contribution in [0.2, 0.25) is 0 Å². The van der Waals surface area contributed by atoms with Gasteiger partial charge in [0.2, 0.25) is 0 Å². The van der Waals surface area contributed by atoms with Crippen LogP contribution in [0, 0.1) is 0 Å². The Morgan fingerprint density at radius 2 is 1.38 bits per heavy atom. The summed E-state index contributed by atoms with van der Waals surface area (Å²) in [7, 11) is -10.1. The Hall–Kier alpha value is -0.680. The summed E-state index contributed by atoms with van der Waals surface area (Å²) in [5.74, 6) is -0.570. The highest BCUT2D eigenvalue weighted by Gasteiger charge is 2.45. The van der Waals surface area contributed by atoms with Crippen LogP contribution in [0.1, 0.15) is 11.0 Å². The van der Waals surface area contributed by atoms with E-state index in [9.17, 15) is 14.2 Å². The second kappa shape index (κ2) is 4.30. The summed E-state index contributed by atoms with van der Waals surface area (Å²) in [5.41, 5.74) is -0.468. The molecule has 0 saturated heterocycles. The van der Waals surface area contributed by atoms with Crippen LogP contribution in [0.4, 0.5) is 0 Å². The molecule has 0 unspecified atom stereocenters. The molecule has 0 bridgehead atoms. The fraction of sp³-hybridized carbons (Fsp3) is 0.143. The molecule has 0 aliphatic rings. The van der Waals surface area contributed by atoms with Crippen LogP contribution in [0.5, 0.6) is 5.75 Å². The van der Waals surface area contributed by atoms with Crippen molar-refractivity contribution < 1.29 is 33.8 Å². The zero-order chi connectivity index (χ0) is 12.6. The first kappa shape index (κ1) is 13.4. The van der Waals surface area contributed by atoms with E-state index in [1.165, 1.54) is 12.1 Å². The van der Waals surface area contributed by atoms with Gasteiger partial charge in [0.25, 0.3) is 0 Å². The van der Waals surface area contributed by atoms with E-state index in [1.807, 2.05) is 0 Å². The van der Waals surface area contributed by atoms with Gasteiger partial charge in [0.1, 0.15) is 5.75 Å². The highest BCUT2D eigenvalue weighted by Crippen LogP contribution is 2.70. The van der Waals surface area contributed by atoms with Crippen molar-refractivity contribution in [3.63, 3.8) is 0 Å². The molecule has 9 heteroatoms. The van der Waals surface area contributed by atoms with E-state index in [2.05, 4.69) is 0 Å². The van der Waals surface area contributed by atoms with Crippen molar-refractivity contribution >= 4 is 15.2 Å². The highest BCUT2D eigenvalue weighted by atomic mass is 31.2. The predicted octanol–water partition coefficient (Wildman–Crippen LogP) is 0.746. The molecule has 1 aromatic carbocycles. The number of para-hydroxylation sites is 1. The summed E-state index contributed by atoms with van der Waals surface area (Å²) < 4.78 is 22.0. The van der Waals surface area contributed by atoms with Gasteiger partial charge < -0.3 is 24.7 Å². The van der Waals surface area contributed by atoms with Crippen molar-refractivity contribution in [2.45, 2.75) is 5.40 Å². The molecule has 0 radical (unpaired) electrons. The molecule has 0 atom stereocenters. The summed E-state index contributed by atoms with van der Waals surface area (Å²) >= 11 is 0. The van der Waals surface area contributed by atoms with Gasteiger partial charge in [-0.05, 0) is 6.07 Å². The predicted molar refractivity (Wildman–Crippen MR) is 54.9 cm³/mol.